The molecular formula is C25H34F4N4O2S. The molecule has 0 radical (unpaired) electrons. The highest BCUT2D eigenvalue weighted by Crippen LogP contribution is 2.31. The van der Waals surface area contributed by atoms with Gasteiger partial charge >= 0.3 is 6.18 Å². The Labute approximate surface area is 212 Å². The number of nitrogens with zero attached hydrogens (tertiary/aromatic N) is 4. The molecule has 6 nitrogen and oxygen atoms in total. The van der Waals surface area contributed by atoms with E-state index in [9.17, 15) is 26.6 Å². The van der Waals surface area contributed by atoms with Crippen LogP contribution in [0.15, 0.2) is 36.7 Å². The molecule has 1 aromatic carbocycles. The number of imidazole rings is 1. The lowest BCUT2D eigenvalue weighted by atomic mass is 10.1. The quantitative estimate of drug-likeness (QED) is 0.288. The van der Waals surface area contributed by atoms with E-state index < -0.39 is 28.4 Å². The number of hydrogen-bond acceptors (Lipinski definition) is 5. The number of carbonyl (C=O) groups excluding carboxylic acids is 1. The summed E-state index contributed by atoms with van der Waals surface area (Å²) in [5.74, 6) is 0.839. The standard InChI is InChI=1S/C14H22N4OS.C9H6F4O.C2H6/c1-5-20(19)10-9-17(4)11(2)13-12(3)18-8-6-7-15-14(18)16-13;10-8-2-1-6(3-4-14)5-7(8)9(11,12)13;1-2/h6-8,11H,5,9-10H2,1-4H3;1-2,4-5H,3H2;1-2H3. The first-order chi connectivity index (χ1) is 17.0. The average molecular weight is 531 g/mol. The van der Waals surface area contributed by atoms with Crippen LogP contribution in [0.3, 0.4) is 0 Å². The molecule has 0 bridgehead atoms. The summed E-state index contributed by atoms with van der Waals surface area (Å²) in [6.07, 6.45) is -0.670. The molecule has 36 heavy (non-hydrogen) atoms. The van der Waals surface area contributed by atoms with Crippen LogP contribution >= 0.6 is 0 Å². The molecule has 3 rings (SSSR count). The van der Waals surface area contributed by atoms with Crippen LogP contribution in [0.1, 0.15) is 56.3 Å². The zero-order chi connectivity index (χ0) is 27.5. The maximum absolute atomic E-state index is 12.7. The van der Waals surface area contributed by atoms with Gasteiger partial charge in [0.15, 0.2) is 0 Å². The lowest BCUT2D eigenvalue weighted by Crippen LogP contribution is -2.28. The van der Waals surface area contributed by atoms with Crippen LogP contribution < -0.4 is 0 Å². The van der Waals surface area contributed by atoms with Crippen LogP contribution in [0.2, 0.25) is 0 Å². The van der Waals surface area contributed by atoms with Crippen molar-refractivity contribution in [1.29, 1.82) is 0 Å². The van der Waals surface area contributed by atoms with E-state index >= 15 is 0 Å². The van der Waals surface area contributed by atoms with Crippen molar-refractivity contribution >= 4 is 22.9 Å². The Hall–Kier alpha value is -2.66. The number of fused-ring (bicyclic) bond motifs is 1. The molecule has 0 saturated carbocycles. The van der Waals surface area contributed by atoms with Crippen molar-refractivity contribution in [2.45, 2.75) is 53.3 Å². The van der Waals surface area contributed by atoms with Gasteiger partial charge in [0.1, 0.15) is 12.1 Å². The Morgan fingerprint density at radius 1 is 1.25 bits per heavy atom. The van der Waals surface area contributed by atoms with Gasteiger partial charge in [-0.3, -0.25) is 13.5 Å². The number of alkyl halides is 3. The summed E-state index contributed by atoms with van der Waals surface area (Å²) < 4.78 is 62.7. The summed E-state index contributed by atoms with van der Waals surface area (Å²) in [6, 6.07) is 4.60. The highest BCUT2D eigenvalue weighted by molar-refractivity contribution is 7.84. The molecule has 200 valence electrons. The van der Waals surface area contributed by atoms with Gasteiger partial charge < -0.3 is 4.79 Å². The Bertz CT molecular complexity index is 1130. The predicted molar refractivity (Wildman–Crippen MR) is 135 cm³/mol. The number of halogens is 4. The fraction of sp³-hybridized carbons (Fsp3) is 0.480. The van der Waals surface area contributed by atoms with Crippen LogP contribution in [0.25, 0.3) is 5.78 Å². The zero-order valence-corrected chi connectivity index (χ0v) is 22.3. The molecule has 0 aliphatic rings. The second-order valence-electron chi connectivity index (χ2n) is 7.64. The molecule has 3 aromatic rings. The minimum absolute atomic E-state index is 0.147. The first kappa shape index (κ1) is 31.4. The molecule has 2 heterocycles. The molecule has 0 aliphatic heterocycles. The van der Waals surface area contributed by atoms with Crippen molar-refractivity contribution in [2.24, 2.45) is 0 Å². The van der Waals surface area contributed by atoms with Crippen molar-refractivity contribution in [3.05, 3.63) is 65.0 Å². The Balaban J connectivity index is 0.000000356. The number of carbonyl (C=O) groups is 1. The van der Waals surface area contributed by atoms with Crippen molar-refractivity contribution in [3.63, 3.8) is 0 Å². The van der Waals surface area contributed by atoms with Crippen molar-refractivity contribution < 1.29 is 26.6 Å². The lowest BCUT2D eigenvalue weighted by molar-refractivity contribution is -0.140. The smallest absolute Gasteiger partial charge is 0.303 e. The number of benzene rings is 1. The number of aryl methyl sites for hydroxylation is 1. The monoisotopic (exact) mass is 530 g/mol. The summed E-state index contributed by atoms with van der Waals surface area (Å²) in [6.45, 7) is 11.0. The fourth-order valence-corrected chi connectivity index (χ4v) is 4.00. The van der Waals surface area contributed by atoms with Gasteiger partial charge in [0.25, 0.3) is 0 Å². The van der Waals surface area contributed by atoms with E-state index in [0.717, 1.165) is 35.5 Å². The highest BCUT2D eigenvalue weighted by Gasteiger charge is 2.34. The van der Waals surface area contributed by atoms with Gasteiger partial charge in [-0.05, 0) is 44.7 Å². The van der Waals surface area contributed by atoms with E-state index in [1.165, 1.54) is 0 Å². The van der Waals surface area contributed by atoms with Crippen LogP contribution in [0.5, 0.6) is 0 Å². The van der Waals surface area contributed by atoms with E-state index in [0.29, 0.717) is 24.2 Å². The van der Waals surface area contributed by atoms with Crippen LogP contribution in [-0.2, 0) is 28.2 Å². The molecule has 2 unspecified atom stereocenters. The predicted octanol–water partition coefficient (Wildman–Crippen LogP) is 5.41. The van der Waals surface area contributed by atoms with E-state index in [1.54, 1.807) is 6.20 Å². The average Bonchev–Trinajstić information content (AvgIpc) is 3.20. The van der Waals surface area contributed by atoms with Gasteiger partial charge in [-0.2, -0.15) is 13.2 Å². The largest absolute Gasteiger partial charge is 0.419 e. The molecule has 0 saturated heterocycles. The van der Waals surface area contributed by atoms with E-state index in [4.69, 9.17) is 0 Å². The third-order valence-corrected chi connectivity index (χ3v) is 6.67. The molecular weight excluding hydrogens is 496 g/mol. The number of hydrogen-bond donors (Lipinski definition) is 0. The summed E-state index contributed by atoms with van der Waals surface area (Å²) in [4.78, 5) is 21.1. The normalized spacial score (nSPS) is 12.9. The molecule has 0 fully saturated rings. The molecule has 2 aromatic heterocycles. The summed E-state index contributed by atoms with van der Waals surface area (Å²) in [7, 11) is 1.33. The van der Waals surface area contributed by atoms with Crippen LogP contribution in [0, 0.1) is 12.7 Å². The molecule has 0 spiro atoms. The molecule has 0 amide bonds. The number of aromatic nitrogens is 3. The third-order valence-electron chi connectivity index (χ3n) is 5.38. The topological polar surface area (TPSA) is 67.6 Å². The van der Waals surface area contributed by atoms with Gasteiger partial charge in [-0.1, -0.05) is 26.8 Å². The highest BCUT2D eigenvalue weighted by atomic mass is 32.2. The van der Waals surface area contributed by atoms with Gasteiger partial charge in [0.2, 0.25) is 5.78 Å². The van der Waals surface area contributed by atoms with E-state index in [2.05, 4.69) is 35.8 Å². The van der Waals surface area contributed by atoms with Crippen molar-refractivity contribution in [2.75, 3.05) is 25.1 Å². The third kappa shape index (κ3) is 8.77. The van der Waals surface area contributed by atoms with E-state index in [1.807, 2.05) is 37.4 Å². The lowest BCUT2D eigenvalue weighted by Gasteiger charge is -2.23. The first-order valence-corrected chi connectivity index (χ1v) is 13.1. The van der Waals surface area contributed by atoms with Gasteiger partial charge in [0.05, 0.1) is 17.3 Å². The summed E-state index contributed by atoms with van der Waals surface area (Å²) >= 11 is 0. The van der Waals surface area contributed by atoms with Gasteiger partial charge in [0, 0.05) is 53.4 Å². The SMILES string of the molecule is CC.CCS(=O)CCN(C)C(C)c1nc2ncccn2c1C.O=CCc1ccc(F)c(C(F)(F)F)c1. The maximum atomic E-state index is 12.7. The minimum atomic E-state index is -4.72. The number of rotatable bonds is 8. The first-order valence-electron chi connectivity index (χ1n) is 11.6. The Morgan fingerprint density at radius 3 is 2.47 bits per heavy atom. The van der Waals surface area contributed by atoms with E-state index in [-0.39, 0.29) is 18.0 Å². The van der Waals surface area contributed by atoms with Crippen molar-refractivity contribution in [1.82, 2.24) is 19.3 Å². The molecule has 2 atom stereocenters. The van der Waals surface area contributed by atoms with Gasteiger partial charge in [-0.25, -0.2) is 14.4 Å². The summed E-state index contributed by atoms with van der Waals surface area (Å²) in [5.41, 5.74) is 0.961. The Morgan fingerprint density at radius 2 is 1.92 bits per heavy atom. The minimum Gasteiger partial charge on any atom is -0.303 e. The maximum Gasteiger partial charge on any atom is 0.419 e. The number of aldehydes is 1. The van der Waals surface area contributed by atoms with Crippen LogP contribution in [-0.4, -0.2) is 54.9 Å². The molecule has 0 N–H and O–H groups in total. The zero-order valence-electron chi connectivity index (χ0n) is 21.5. The van der Waals surface area contributed by atoms with Gasteiger partial charge in [-0.15, -0.1) is 0 Å². The second-order valence-corrected chi connectivity index (χ2v) is 9.51. The fourth-order valence-electron chi connectivity index (χ4n) is 3.22. The molecule has 11 heteroatoms. The Kier molecular flexibility index (Phi) is 12.9. The second kappa shape index (κ2) is 14.8. The summed E-state index contributed by atoms with van der Waals surface area (Å²) in [5, 5.41) is 0. The van der Waals surface area contributed by atoms with Crippen LogP contribution in [0.4, 0.5) is 17.6 Å². The molecule has 0 aliphatic carbocycles. The van der Waals surface area contributed by atoms with Crippen molar-refractivity contribution in [3.8, 4) is 0 Å².